The van der Waals surface area contributed by atoms with Gasteiger partial charge in [-0.2, -0.15) is 0 Å². The summed E-state index contributed by atoms with van der Waals surface area (Å²) in [4.78, 5) is 29.3. The van der Waals surface area contributed by atoms with Gasteiger partial charge in [0.05, 0.1) is 24.0 Å². The molecule has 0 aromatic heterocycles. The first-order valence-corrected chi connectivity index (χ1v) is 8.80. The van der Waals surface area contributed by atoms with E-state index in [0.29, 0.717) is 28.3 Å². The third-order valence-electron chi connectivity index (χ3n) is 4.07. The van der Waals surface area contributed by atoms with Crippen LogP contribution < -0.4 is 10.2 Å². The van der Waals surface area contributed by atoms with Gasteiger partial charge in [0.25, 0.3) is 5.91 Å². The lowest BCUT2D eigenvalue weighted by atomic mass is 10.1. The summed E-state index contributed by atoms with van der Waals surface area (Å²) in [5.74, 6) is -0.386. The number of azo groups is 1. The van der Waals surface area contributed by atoms with Gasteiger partial charge in [0.2, 0.25) is 0 Å². The second-order valence-corrected chi connectivity index (χ2v) is 6.09. The average Bonchev–Trinajstić information content (AvgIpc) is 2.77. The Kier molecular flexibility index (Phi) is 6.32. The largest absolute Gasteiger partial charge is 0.497 e. The van der Waals surface area contributed by atoms with E-state index in [1.165, 1.54) is 7.11 Å². The highest BCUT2D eigenvalue weighted by molar-refractivity contribution is 5.96. The molecule has 29 heavy (non-hydrogen) atoms. The molecule has 0 spiro atoms. The van der Waals surface area contributed by atoms with Crippen LogP contribution in [0.1, 0.15) is 26.3 Å². The highest BCUT2D eigenvalue weighted by Crippen LogP contribution is 2.19. The number of aryl methyl sites for hydroxylation is 1. The number of anilines is 1. The van der Waals surface area contributed by atoms with Crippen LogP contribution in [-0.2, 0) is 4.84 Å². The fraction of sp³-hybridized carbons (Fsp3) is 0.0909. The molecule has 1 amide bonds. The predicted octanol–water partition coefficient (Wildman–Crippen LogP) is 5.11. The van der Waals surface area contributed by atoms with Gasteiger partial charge < -0.3 is 9.57 Å². The van der Waals surface area contributed by atoms with Crippen molar-refractivity contribution < 1.29 is 19.2 Å². The van der Waals surface area contributed by atoms with Gasteiger partial charge in [0.1, 0.15) is 5.75 Å². The summed E-state index contributed by atoms with van der Waals surface area (Å²) in [5.41, 5.74) is 5.33. The van der Waals surface area contributed by atoms with Crippen molar-refractivity contribution >= 4 is 23.3 Å². The van der Waals surface area contributed by atoms with Crippen LogP contribution in [0.15, 0.2) is 83.0 Å². The SMILES string of the molecule is COc1cccc(C(=O)ONc2ccc(N=NC(=O)c3ccccc3C)cc2)c1. The van der Waals surface area contributed by atoms with Gasteiger partial charge in [0, 0.05) is 5.56 Å². The molecule has 0 heterocycles. The second kappa shape index (κ2) is 9.27. The Bertz CT molecular complexity index is 1050. The number of carbonyl (C=O) groups excluding carboxylic acids is 2. The molecule has 0 bridgehead atoms. The fourth-order valence-corrected chi connectivity index (χ4v) is 2.48. The molecule has 0 aliphatic heterocycles. The first kappa shape index (κ1) is 19.8. The molecule has 3 rings (SSSR count). The highest BCUT2D eigenvalue weighted by Gasteiger charge is 2.09. The lowest BCUT2D eigenvalue weighted by Crippen LogP contribution is -2.10. The molecule has 0 fully saturated rings. The molecule has 0 saturated carbocycles. The molecule has 1 N–H and O–H groups in total. The molecule has 0 aliphatic carbocycles. The summed E-state index contributed by atoms with van der Waals surface area (Å²) >= 11 is 0. The number of rotatable bonds is 6. The van der Waals surface area contributed by atoms with E-state index in [1.54, 1.807) is 60.7 Å². The van der Waals surface area contributed by atoms with Crippen LogP contribution in [0.25, 0.3) is 0 Å². The van der Waals surface area contributed by atoms with E-state index in [1.807, 2.05) is 19.1 Å². The Hall–Kier alpha value is -4.00. The van der Waals surface area contributed by atoms with E-state index in [9.17, 15) is 9.59 Å². The Morgan fingerprint density at radius 3 is 2.41 bits per heavy atom. The van der Waals surface area contributed by atoms with Crippen molar-refractivity contribution in [3.8, 4) is 5.75 Å². The molecule has 0 radical (unpaired) electrons. The Morgan fingerprint density at radius 1 is 0.931 bits per heavy atom. The van der Waals surface area contributed by atoms with Crippen molar-refractivity contribution in [2.75, 3.05) is 12.6 Å². The van der Waals surface area contributed by atoms with Gasteiger partial charge in [-0.05, 0) is 61.0 Å². The Balaban J connectivity index is 1.58. The van der Waals surface area contributed by atoms with Gasteiger partial charge in [0.15, 0.2) is 0 Å². The molecule has 0 atom stereocenters. The topological polar surface area (TPSA) is 89.3 Å². The van der Waals surface area contributed by atoms with E-state index in [4.69, 9.17) is 9.57 Å². The summed E-state index contributed by atoms with van der Waals surface area (Å²) in [6.45, 7) is 1.84. The number of hydrogen-bond donors (Lipinski definition) is 1. The molecule has 7 heteroatoms. The van der Waals surface area contributed by atoms with Gasteiger partial charge in [-0.25, -0.2) is 10.3 Å². The molecular formula is C22H19N3O4. The lowest BCUT2D eigenvalue weighted by molar-refractivity contribution is 0.0596. The van der Waals surface area contributed by atoms with E-state index in [-0.39, 0.29) is 0 Å². The van der Waals surface area contributed by atoms with E-state index >= 15 is 0 Å². The molecule has 0 aliphatic rings. The number of hydrogen-bond acceptors (Lipinski definition) is 6. The smallest absolute Gasteiger partial charge is 0.362 e. The third kappa shape index (κ3) is 5.26. The molecule has 7 nitrogen and oxygen atoms in total. The van der Waals surface area contributed by atoms with Crippen LogP contribution in [0.4, 0.5) is 11.4 Å². The number of benzene rings is 3. The minimum atomic E-state index is -0.545. The van der Waals surface area contributed by atoms with Gasteiger partial charge in [-0.1, -0.05) is 24.3 Å². The molecule has 3 aromatic rings. The van der Waals surface area contributed by atoms with Crippen LogP contribution in [0.5, 0.6) is 5.75 Å². The zero-order valence-electron chi connectivity index (χ0n) is 16.0. The second-order valence-electron chi connectivity index (χ2n) is 6.09. The summed E-state index contributed by atoms with van der Waals surface area (Å²) in [7, 11) is 1.52. The van der Waals surface area contributed by atoms with Gasteiger partial charge in [-0.3, -0.25) is 4.79 Å². The zero-order valence-corrected chi connectivity index (χ0v) is 16.0. The van der Waals surface area contributed by atoms with Crippen molar-refractivity contribution in [3.63, 3.8) is 0 Å². The molecule has 0 saturated heterocycles. The predicted molar refractivity (Wildman–Crippen MR) is 108 cm³/mol. The maximum atomic E-state index is 12.1. The molecule has 0 unspecified atom stereocenters. The van der Waals surface area contributed by atoms with Crippen LogP contribution in [0.2, 0.25) is 0 Å². The summed E-state index contributed by atoms with van der Waals surface area (Å²) in [5, 5.41) is 7.71. The maximum Gasteiger partial charge on any atom is 0.362 e. The van der Waals surface area contributed by atoms with E-state index in [0.717, 1.165) is 5.56 Å². The van der Waals surface area contributed by atoms with E-state index < -0.39 is 11.9 Å². The first-order valence-electron chi connectivity index (χ1n) is 8.80. The zero-order chi connectivity index (χ0) is 20.6. The van der Waals surface area contributed by atoms with Gasteiger partial charge in [-0.15, -0.1) is 10.2 Å². The number of ether oxygens (including phenoxy) is 1. The number of nitrogens with one attached hydrogen (secondary N) is 1. The van der Waals surface area contributed by atoms with Crippen LogP contribution in [0, 0.1) is 6.92 Å². The minimum absolute atomic E-state index is 0.358. The van der Waals surface area contributed by atoms with Crippen LogP contribution >= 0.6 is 0 Å². The standard InChI is InChI=1S/C22H19N3O4/c1-15-6-3-4-9-20(15)21(26)24-23-17-10-12-18(13-11-17)25-29-22(27)16-7-5-8-19(14-16)28-2/h3-14,25H,1-2H3. The normalized spacial score (nSPS) is 10.6. The monoisotopic (exact) mass is 389 g/mol. The third-order valence-corrected chi connectivity index (χ3v) is 4.07. The van der Waals surface area contributed by atoms with E-state index in [2.05, 4.69) is 15.7 Å². The van der Waals surface area contributed by atoms with Crippen molar-refractivity contribution in [3.05, 3.63) is 89.5 Å². The summed E-state index contributed by atoms with van der Waals surface area (Å²) in [6, 6.07) is 20.5. The van der Waals surface area contributed by atoms with Crippen LogP contribution in [-0.4, -0.2) is 19.0 Å². The van der Waals surface area contributed by atoms with Crippen LogP contribution in [0.3, 0.4) is 0 Å². The molecular weight excluding hydrogens is 370 g/mol. The Morgan fingerprint density at radius 2 is 1.69 bits per heavy atom. The lowest BCUT2D eigenvalue weighted by Gasteiger charge is -2.07. The highest BCUT2D eigenvalue weighted by atomic mass is 16.7. The molecule has 3 aromatic carbocycles. The first-order chi connectivity index (χ1) is 14.1. The van der Waals surface area contributed by atoms with Crippen molar-refractivity contribution in [1.29, 1.82) is 0 Å². The quantitative estimate of drug-likeness (QED) is 0.467. The minimum Gasteiger partial charge on any atom is -0.497 e. The van der Waals surface area contributed by atoms with Crippen molar-refractivity contribution in [2.45, 2.75) is 6.92 Å². The average molecular weight is 389 g/mol. The van der Waals surface area contributed by atoms with Crippen molar-refractivity contribution in [2.24, 2.45) is 10.2 Å². The number of amides is 1. The summed E-state index contributed by atoms with van der Waals surface area (Å²) in [6.07, 6.45) is 0. The van der Waals surface area contributed by atoms with Crippen molar-refractivity contribution in [1.82, 2.24) is 0 Å². The number of nitrogens with zero attached hydrogens (tertiary/aromatic N) is 2. The number of methoxy groups -OCH3 is 1. The number of carbonyl (C=O) groups is 2. The summed E-state index contributed by atoms with van der Waals surface area (Å²) < 4.78 is 5.08. The molecule has 146 valence electrons. The van der Waals surface area contributed by atoms with Gasteiger partial charge >= 0.3 is 5.97 Å². The fourth-order valence-electron chi connectivity index (χ4n) is 2.48. The maximum absolute atomic E-state index is 12.1. The Labute approximate surface area is 168 Å².